The number of hydrogen-bond acceptors (Lipinski definition) is 2. The lowest BCUT2D eigenvalue weighted by Gasteiger charge is -2.17. The third-order valence-corrected chi connectivity index (χ3v) is 3.58. The van der Waals surface area contributed by atoms with E-state index in [9.17, 15) is 9.90 Å². The van der Waals surface area contributed by atoms with E-state index in [2.05, 4.69) is 17.3 Å². The van der Waals surface area contributed by atoms with E-state index < -0.39 is 5.97 Å². The van der Waals surface area contributed by atoms with E-state index in [-0.39, 0.29) is 6.04 Å². The fraction of sp³-hybridized carbons (Fsp3) is 0.571. The summed E-state index contributed by atoms with van der Waals surface area (Å²) in [6.07, 6.45) is 10.2. The molecule has 1 N–H and O–H groups in total. The van der Waals surface area contributed by atoms with Gasteiger partial charge in [-0.05, 0) is 33.1 Å². The van der Waals surface area contributed by atoms with Gasteiger partial charge in [-0.15, -0.1) is 0 Å². The summed E-state index contributed by atoms with van der Waals surface area (Å²) < 4.78 is 1.88. The molecule has 1 unspecified atom stereocenters. The number of nitrogens with zero attached hydrogens (tertiary/aromatic N) is 2. The lowest BCUT2D eigenvalue weighted by Crippen LogP contribution is -2.12. The number of carboxylic acids is 1. The van der Waals surface area contributed by atoms with Crippen LogP contribution in [0.1, 0.15) is 59.9 Å². The third-order valence-electron chi connectivity index (χ3n) is 3.58. The van der Waals surface area contributed by atoms with Gasteiger partial charge in [0.1, 0.15) is 5.56 Å². The van der Waals surface area contributed by atoms with E-state index in [1.807, 2.05) is 11.6 Å². The molecule has 0 spiro atoms. The molecule has 0 fully saturated rings. The van der Waals surface area contributed by atoms with E-state index in [1.165, 1.54) is 19.3 Å². The number of rotatable bonds is 2. The van der Waals surface area contributed by atoms with Crippen LogP contribution in [0.4, 0.5) is 0 Å². The molecule has 1 heterocycles. The third kappa shape index (κ3) is 2.47. The van der Waals surface area contributed by atoms with Gasteiger partial charge >= 0.3 is 5.97 Å². The number of aryl methyl sites for hydroxylation is 1. The van der Waals surface area contributed by atoms with Crippen molar-refractivity contribution < 1.29 is 9.90 Å². The second kappa shape index (κ2) is 5.38. The lowest BCUT2D eigenvalue weighted by molar-refractivity contribution is 0.0695. The molecule has 98 valence electrons. The molecule has 1 aromatic rings. The van der Waals surface area contributed by atoms with Gasteiger partial charge < -0.3 is 5.11 Å². The molecule has 1 aliphatic rings. The summed E-state index contributed by atoms with van der Waals surface area (Å²) in [4.78, 5) is 11.2. The largest absolute Gasteiger partial charge is 0.478 e. The average molecular weight is 248 g/mol. The van der Waals surface area contributed by atoms with E-state index in [4.69, 9.17) is 0 Å². The van der Waals surface area contributed by atoms with Crippen LogP contribution in [0.15, 0.2) is 12.2 Å². The standard InChI is InChI=1S/C14H20N2O2/c1-10-13(14(17)18)11(2)16(15-10)12-8-6-4-3-5-7-9-12/h6,8,12H,3-5,7,9H2,1-2H3,(H,17,18)/b8-6+. The van der Waals surface area contributed by atoms with Crippen molar-refractivity contribution in [3.8, 4) is 0 Å². The summed E-state index contributed by atoms with van der Waals surface area (Å²) in [6, 6.07) is 0.206. The molecule has 0 amide bonds. The SMILES string of the molecule is Cc1nn(C2/C=C/CCCCC2)c(C)c1C(=O)O. The quantitative estimate of drug-likeness (QED) is 0.817. The number of aromatic carboxylic acids is 1. The zero-order valence-electron chi connectivity index (χ0n) is 11.0. The molecule has 0 radical (unpaired) electrons. The summed E-state index contributed by atoms with van der Waals surface area (Å²) in [6.45, 7) is 3.61. The first-order valence-corrected chi connectivity index (χ1v) is 6.57. The second-order valence-corrected chi connectivity index (χ2v) is 4.93. The summed E-state index contributed by atoms with van der Waals surface area (Å²) in [5.41, 5.74) is 1.72. The minimum Gasteiger partial charge on any atom is -0.478 e. The maximum Gasteiger partial charge on any atom is 0.339 e. The molecule has 1 atom stereocenters. The van der Waals surface area contributed by atoms with Crippen molar-refractivity contribution in [2.45, 2.75) is 52.0 Å². The summed E-state index contributed by atoms with van der Waals surface area (Å²) in [7, 11) is 0. The van der Waals surface area contributed by atoms with Gasteiger partial charge in [-0.1, -0.05) is 25.0 Å². The van der Waals surface area contributed by atoms with Crippen molar-refractivity contribution >= 4 is 5.97 Å². The molecule has 4 nitrogen and oxygen atoms in total. The lowest BCUT2D eigenvalue weighted by atomic mass is 10.0. The molecule has 1 aliphatic carbocycles. The van der Waals surface area contributed by atoms with Crippen molar-refractivity contribution in [2.24, 2.45) is 0 Å². The van der Waals surface area contributed by atoms with E-state index >= 15 is 0 Å². The number of allylic oxidation sites excluding steroid dienone is 2. The predicted octanol–water partition coefficient (Wildman–Crippen LogP) is 3.26. The molecule has 0 aliphatic heterocycles. The van der Waals surface area contributed by atoms with E-state index in [0.29, 0.717) is 11.3 Å². The van der Waals surface area contributed by atoms with Crippen LogP contribution in [0.3, 0.4) is 0 Å². The van der Waals surface area contributed by atoms with Gasteiger partial charge in [0.15, 0.2) is 0 Å². The zero-order chi connectivity index (χ0) is 13.1. The summed E-state index contributed by atoms with van der Waals surface area (Å²) in [5.74, 6) is -0.883. The van der Waals surface area contributed by atoms with Crippen LogP contribution in [-0.4, -0.2) is 20.9 Å². The van der Waals surface area contributed by atoms with Gasteiger partial charge in [0.25, 0.3) is 0 Å². The van der Waals surface area contributed by atoms with Crippen LogP contribution < -0.4 is 0 Å². The minimum atomic E-state index is -0.883. The number of aromatic nitrogens is 2. The maximum absolute atomic E-state index is 11.2. The molecule has 0 saturated heterocycles. The van der Waals surface area contributed by atoms with Crippen LogP contribution in [0, 0.1) is 13.8 Å². The molecule has 0 saturated carbocycles. The monoisotopic (exact) mass is 248 g/mol. The van der Waals surface area contributed by atoms with Crippen molar-refractivity contribution in [3.63, 3.8) is 0 Å². The highest BCUT2D eigenvalue weighted by molar-refractivity contribution is 5.90. The van der Waals surface area contributed by atoms with E-state index in [0.717, 1.165) is 18.5 Å². The Morgan fingerprint density at radius 3 is 2.83 bits per heavy atom. The highest BCUT2D eigenvalue weighted by Crippen LogP contribution is 2.25. The summed E-state index contributed by atoms with van der Waals surface area (Å²) in [5, 5.41) is 13.6. The predicted molar refractivity (Wildman–Crippen MR) is 69.9 cm³/mol. The first-order chi connectivity index (χ1) is 8.61. The molecule has 18 heavy (non-hydrogen) atoms. The number of carbonyl (C=O) groups is 1. The normalized spacial score (nSPS) is 22.2. The van der Waals surface area contributed by atoms with Crippen LogP contribution >= 0.6 is 0 Å². The Bertz CT molecular complexity index is 474. The molecule has 4 heteroatoms. The highest BCUT2D eigenvalue weighted by Gasteiger charge is 2.21. The molecule has 0 aromatic carbocycles. The van der Waals surface area contributed by atoms with Gasteiger partial charge in [0.2, 0.25) is 0 Å². The Morgan fingerprint density at radius 1 is 1.39 bits per heavy atom. The second-order valence-electron chi connectivity index (χ2n) is 4.93. The Labute approximate surface area is 107 Å². The summed E-state index contributed by atoms with van der Waals surface area (Å²) >= 11 is 0. The molecular weight excluding hydrogens is 228 g/mol. The van der Waals surface area contributed by atoms with Gasteiger partial charge in [0.05, 0.1) is 17.4 Å². The molecule has 1 aromatic heterocycles. The number of hydrogen-bond donors (Lipinski definition) is 1. The Morgan fingerprint density at radius 2 is 2.17 bits per heavy atom. The Hall–Kier alpha value is -1.58. The van der Waals surface area contributed by atoms with Crippen LogP contribution in [0.5, 0.6) is 0 Å². The maximum atomic E-state index is 11.2. The first-order valence-electron chi connectivity index (χ1n) is 6.57. The zero-order valence-corrected chi connectivity index (χ0v) is 11.0. The number of carboxylic acid groups (broad SMARTS) is 1. The smallest absolute Gasteiger partial charge is 0.339 e. The fourth-order valence-electron chi connectivity index (χ4n) is 2.64. The van der Waals surface area contributed by atoms with Crippen molar-refractivity contribution in [1.29, 1.82) is 0 Å². The van der Waals surface area contributed by atoms with Crippen molar-refractivity contribution in [3.05, 3.63) is 29.1 Å². The molecule has 2 rings (SSSR count). The molecule has 0 bridgehead atoms. The molecular formula is C14H20N2O2. The van der Waals surface area contributed by atoms with Crippen LogP contribution in [0.25, 0.3) is 0 Å². The van der Waals surface area contributed by atoms with Crippen molar-refractivity contribution in [1.82, 2.24) is 9.78 Å². The van der Waals surface area contributed by atoms with E-state index in [1.54, 1.807) is 6.92 Å². The van der Waals surface area contributed by atoms with Crippen LogP contribution in [0.2, 0.25) is 0 Å². The average Bonchev–Trinajstić information content (AvgIpc) is 2.53. The Balaban J connectivity index is 2.35. The fourth-order valence-corrected chi connectivity index (χ4v) is 2.64. The van der Waals surface area contributed by atoms with Gasteiger partial charge in [0, 0.05) is 0 Å². The van der Waals surface area contributed by atoms with Crippen molar-refractivity contribution in [2.75, 3.05) is 0 Å². The topological polar surface area (TPSA) is 55.1 Å². The first kappa shape index (κ1) is 12.9. The van der Waals surface area contributed by atoms with Gasteiger partial charge in [-0.3, -0.25) is 4.68 Å². The van der Waals surface area contributed by atoms with Crippen LogP contribution in [-0.2, 0) is 0 Å². The van der Waals surface area contributed by atoms with Gasteiger partial charge in [-0.2, -0.15) is 5.10 Å². The highest BCUT2D eigenvalue weighted by atomic mass is 16.4. The van der Waals surface area contributed by atoms with Gasteiger partial charge in [-0.25, -0.2) is 4.79 Å². The minimum absolute atomic E-state index is 0.206. The Kier molecular flexibility index (Phi) is 3.84.